The van der Waals surface area contributed by atoms with E-state index in [-0.39, 0.29) is 5.82 Å². The zero-order valence-corrected chi connectivity index (χ0v) is 15.2. The molecule has 0 aliphatic heterocycles. The Balaban J connectivity index is 1.90. The quantitative estimate of drug-likeness (QED) is 0.639. The minimum Gasteiger partial charge on any atom is -0.497 e. The van der Waals surface area contributed by atoms with E-state index in [2.05, 4.69) is 13.0 Å². The molecule has 1 aliphatic carbocycles. The van der Waals surface area contributed by atoms with Crippen LogP contribution in [-0.4, -0.2) is 13.7 Å². The molecular weight excluding hydrogens is 315 g/mol. The molecule has 0 heterocycles. The van der Waals surface area contributed by atoms with Crippen LogP contribution in [-0.2, 0) is 6.42 Å². The average Bonchev–Trinajstić information content (AvgIpc) is 2.67. The Morgan fingerprint density at radius 1 is 1.00 bits per heavy atom. The van der Waals surface area contributed by atoms with Gasteiger partial charge in [-0.05, 0) is 55.0 Å². The topological polar surface area (TPSA) is 18.5 Å². The lowest BCUT2D eigenvalue weighted by Crippen LogP contribution is -2.15. The van der Waals surface area contributed by atoms with Gasteiger partial charge in [0.15, 0.2) is 0 Å². The molecule has 0 bridgehead atoms. The largest absolute Gasteiger partial charge is 0.497 e. The molecule has 0 amide bonds. The lowest BCUT2D eigenvalue weighted by molar-refractivity contribution is 0.209. The first-order chi connectivity index (χ1) is 12.2. The number of aryl methyl sites for hydroxylation is 1. The van der Waals surface area contributed by atoms with Crippen molar-refractivity contribution < 1.29 is 13.9 Å². The Bertz CT molecular complexity index is 705. The maximum Gasteiger partial charge on any atom is 0.131 e. The normalized spacial score (nSPS) is 15.2. The van der Waals surface area contributed by atoms with Crippen molar-refractivity contribution >= 4 is 0 Å². The molecule has 0 aromatic heterocycles. The summed E-state index contributed by atoms with van der Waals surface area (Å²) in [7, 11) is 1.59. The fraction of sp³-hybridized carbons (Fsp3) is 0.455. The van der Waals surface area contributed by atoms with Crippen molar-refractivity contribution in [2.45, 2.75) is 45.4 Å². The molecule has 1 aliphatic rings. The SMILES string of the molecule is CCc1ccc(-c2cc(OC)ccc2F)c(OCC2CCCCC2)c1. The van der Waals surface area contributed by atoms with Crippen LogP contribution in [0.5, 0.6) is 11.5 Å². The van der Waals surface area contributed by atoms with Gasteiger partial charge in [-0.1, -0.05) is 38.3 Å². The summed E-state index contributed by atoms with van der Waals surface area (Å²) in [6.45, 7) is 2.83. The number of halogens is 1. The van der Waals surface area contributed by atoms with Crippen LogP contribution in [0.4, 0.5) is 4.39 Å². The summed E-state index contributed by atoms with van der Waals surface area (Å²) in [6, 6.07) is 10.9. The van der Waals surface area contributed by atoms with Crippen molar-refractivity contribution in [1.82, 2.24) is 0 Å². The second-order valence-corrected chi connectivity index (χ2v) is 6.84. The van der Waals surface area contributed by atoms with Crippen LogP contribution in [0, 0.1) is 11.7 Å². The molecule has 2 aromatic carbocycles. The van der Waals surface area contributed by atoms with Gasteiger partial charge in [0.05, 0.1) is 13.7 Å². The Hall–Kier alpha value is -2.03. The monoisotopic (exact) mass is 342 g/mol. The maximum absolute atomic E-state index is 14.4. The third-order valence-electron chi connectivity index (χ3n) is 5.12. The molecule has 0 atom stereocenters. The summed E-state index contributed by atoms with van der Waals surface area (Å²) in [4.78, 5) is 0. The number of hydrogen-bond donors (Lipinski definition) is 0. The molecule has 134 valence electrons. The Kier molecular flexibility index (Phi) is 5.95. The predicted molar refractivity (Wildman–Crippen MR) is 99.8 cm³/mol. The van der Waals surface area contributed by atoms with E-state index in [9.17, 15) is 4.39 Å². The van der Waals surface area contributed by atoms with Gasteiger partial charge in [-0.3, -0.25) is 0 Å². The average molecular weight is 342 g/mol. The van der Waals surface area contributed by atoms with Gasteiger partial charge in [-0.2, -0.15) is 0 Å². The molecule has 0 radical (unpaired) electrons. The van der Waals surface area contributed by atoms with Gasteiger partial charge in [0.25, 0.3) is 0 Å². The molecule has 25 heavy (non-hydrogen) atoms. The summed E-state index contributed by atoms with van der Waals surface area (Å²) in [6.07, 6.45) is 7.32. The van der Waals surface area contributed by atoms with Gasteiger partial charge >= 0.3 is 0 Å². The lowest BCUT2D eigenvalue weighted by atomic mass is 9.90. The molecule has 2 aromatic rings. The van der Waals surface area contributed by atoms with Crippen LogP contribution >= 0.6 is 0 Å². The van der Waals surface area contributed by atoms with E-state index in [1.807, 2.05) is 12.1 Å². The molecule has 0 N–H and O–H groups in total. The van der Waals surface area contributed by atoms with Crippen LogP contribution in [0.25, 0.3) is 11.1 Å². The van der Waals surface area contributed by atoms with Crippen molar-refractivity contribution in [3.05, 3.63) is 47.8 Å². The Morgan fingerprint density at radius 2 is 1.80 bits per heavy atom. The smallest absolute Gasteiger partial charge is 0.131 e. The first-order valence-electron chi connectivity index (χ1n) is 9.31. The van der Waals surface area contributed by atoms with Crippen molar-refractivity contribution in [3.8, 4) is 22.6 Å². The summed E-state index contributed by atoms with van der Waals surface area (Å²) >= 11 is 0. The highest BCUT2D eigenvalue weighted by Gasteiger charge is 2.17. The molecule has 1 fully saturated rings. The Labute approximate surface area is 150 Å². The molecule has 0 saturated heterocycles. The second-order valence-electron chi connectivity index (χ2n) is 6.84. The van der Waals surface area contributed by atoms with Crippen LogP contribution in [0.1, 0.15) is 44.6 Å². The van der Waals surface area contributed by atoms with Crippen LogP contribution in [0.15, 0.2) is 36.4 Å². The van der Waals surface area contributed by atoms with Gasteiger partial charge < -0.3 is 9.47 Å². The summed E-state index contributed by atoms with van der Waals surface area (Å²) in [5.41, 5.74) is 2.52. The van der Waals surface area contributed by atoms with Crippen molar-refractivity contribution in [3.63, 3.8) is 0 Å². The number of rotatable bonds is 6. The molecule has 3 rings (SSSR count). The van der Waals surface area contributed by atoms with Gasteiger partial charge in [-0.25, -0.2) is 4.39 Å². The minimum atomic E-state index is -0.257. The van der Waals surface area contributed by atoms with Crippen LogP contribution in [0.3, 0.4) is 0 Å². The zero-order chi connectivity index (χ0) is 17.6. The Morgan fingerprint density at radius 3 is 2.52 bits per heavy atom. The van der Waals surface area contributed by atoms with Crippen molar-refractivity contribution in [2.75, 3.05) is 13.7 Å². The lowest BCUT2D eigenvalue weighted by Gasteiger charge is -2.23. The first kappa shape index (κ1) is 17.8. The third kappa shape index (κ3) is 4.33. The number of methoxy groups -OCH3 is 1. The van der Waals surface area contributed by atoms with E-state index in [0.717, 1.165) is 17.7 Å². The zero-order valence-electron chi connectivity index (χ0n) is 15.2. The molecular formula is C22H27FO2. The van der Waals surface area contributed by atoms with E-state index < -0.39 is 0 Å². The summed E-state index contributed by atoms with van der Waals surface area (Å²) < 4.78 is 25.9. The maximum atomic E-state index is 14.4. The van der Waals surface area contributed by atoms with E-state index in [1.165, 1.54) is 43.7 Å². The van der Waals surface area contributed by atoms with E-state index in [4.69, 9.17) is 9.47 Å². The number of ether oxygens (including phenoxy) is 2. The highest BCUT2D eigenvalue weighted by atomic mass is 19.1. The van der Waals surface area contributed by atoms with Gasteiger partial charge in [0, 0.05) is 11.1 Å². The van der Waals surface area contributed by atoms with E-state index >= 15 is 0 Å². The molecule has 3 heteroatoms. The van der Waals surface area contributed by atoms with Crippen molar-refractivity contribution in [1.29, 1.82) is 0 Å². The number of hydrogen-bond acceptors (Lipinski definition) is 2. The first-order valence-corrected chi connectivity index (χ1v) is 9.31. The molecule has 1 saturated carbocycles. The fourth-order valence-electron chi connectivity index (χ4n) is 3.53. The van der Waals surface area contributed by atoms with E-state index in [1.54, 1.807) is 19.2 Å². The number of benzene rings is 2. The highest BCUT2D eigenvalue weighted by molar-refractivity contribution is 5.72. The standard InChI is InChI=1S/C22H27FO2/c1-3-16-9-11-19(20-14-18(24-2)10-12-21(20)23)22(13-16)25-15-17-7-5-4-6-8-17/h9-14,17H,3-8,15H2,1-2H3. The second kappa shape index (κ2) is 8.37. The molecule has 0 unspecified atom stereocenters. The third-order valence-corrected chi connectivity index (χ3v) is 5.12. The summed E-state index contributed by atoms with van der Waals surface area (Å²) in [5, 5.41) is 0. The van der Waals surface area contributed by atoms with E-state index in [0.29, 0.717) is 23.8 Å². The predicted octanol–water partition coefficient (Wildman–Crippen LogP) is 6.02. The van der Waals surface area contributed by atoms with Crippen molar-refractivity contribution in [2.24, 2.45) is 5.92 Å². The fourth-order valence-corrected chi connectivity index (χ4v) is 3.53. The van der Waals surface area contributed by atoms with Gasteiger partial charge in [0.1, 0.15) is 17.3 Å². The molecule has 2 nitrogen and oxygen atoms in total. The van der Waals surface area contributed by atoms with Crippen LogP contribution < -0.4 is 9.47 Å². The molecule has 0 spiro atoms. The van der Waals surface area contributed by atoms with Crippen LogP contribution in [0.2, 0.25) is 0 Å². The summed E-state index contributed by atoms with van der Waals surface area (Å²) in [5.74, 6) is 1.78. The highest BCUT2D eigenvalue weighted by Crippen LogP contribution is 2.36. The minimum absolute atomic E-state index is 0.257. The van der Waals surface area contributed by atoms with Gasteiger partial charge in [-0.15, -0.1) is 0 Å². The van der Waals surface area contributed by atoms with Gasteiger partial charge in [0.2, 0.25) is 0 Å².